The lowest BCUT2D eigenvalue weighted by Crippen LogP contribution is -2.18. The first-order valence-corrected chi connectivity index (χ1v) is 5.46. The zero-order valence-corrected chi connectivity index (χ0v) is 10.0. The summed E-state index contributed by atoms with van der Waals surface area (Å²) in [6, 6.07) is 19.6. The Kier molecular flexibility index (Phi) is 5.19. The van der Waals surface area contributed by atoms with Gasteiger partial charge in [-0.1, -0.05) is 67.2 Å². The minimum absolute atomic E-state index is 0.833. The fourth-order valence-corrected chi connectivity index (χ4v) is 1.45. The summed E-state index contributed by atoms with van der Waals surface area (Å²) in [4.78, 5) is 9.00. The minimum atomic E-state index is -0.833. The lowest BCUT2D eigenvalue weighted by Gasteiger charge is -2.04. The van der Waals surface area contributed by atoms with Gasteiger partial charge in [0.25, 0.3) is 0 Å². The zero-order valence-electron chi connectivity index (χ0n) is 10.0. The summed E-state index contributed by atoms with van der Waals surface area (Å²) in [7, 11) is 0. The molecule has 3 heteroatoms. The molecule has 0 spiro atoms. The molecule has 0 radical (unpaired) electrons. The van der Waals surface area contributed by atoms with E-state index in [2.05, 4.69) is 42.3 Å². The normalized spacial score (nSPS) is 8.89. The third-order valence-corrected chi connectivity index (χ3v) is 2.24. The first-order valence-electron chi connectivity index (χ1n) is 5.46. The van der Waals surface area contributed by atoms with Crippen LogP contribution in [-0.2, 0) is 0 Å². The van der Waals surface area contributed by atoms with Gasteiger partial charge in [0.05, 0.1) is 0 Å². The molecule has 0 aliphatic heterocycles. The Bertz CT molecular complexity index is 461. The second-order valence-corrected chi connectivity index (χ2v) is 3.61. The van der Waals surface area contributed by atoms with Crippen LogP contribution in [-0.4, -0.2) is 6.03 Å². The lowest BCUT2D eigenvalue weighted by atomic mass is 10.0. The Hall–Kier alpha value is -2.55. The molecule has 0 saturated heterocycles. The SMILES string of the molecule is C=C(c1ccccc1)c1ccccc1.NC(N)=O. The smallest absolute Gasteiger partial charge is 0.309 e. The van der Waals surface area contributed by atoms with Gasteiger partial charge in [-0.15, -0.1) is 0 Å². The predicted molar refractivity (Wildman–Crippen MR) is 74.8 cm³/mol. The summed E-state index contributed by atoms with van der Waals surface area (Å²) in [5.74, 6) is 0. The van der Waals surface area contributed by atoms with Gasteiger partial charge in [0.2, 0.25) is 0 Å². The van der Waals surface area contributed by atoms with E-state index in [4.69, 9.17) is 4.79 Å². The number of hydrogen-bond acceptors (Lipinski definition) is 1. The number of rotatable bonds is 2. The summed E-state index contributed by atoms with van der Waals surface area (Å²) in [5, 5.41) is 0. The Morgan fingerprint density at radius 3 is 1.33 bits per heavy atom. The molecule has 2 rings (SSSR count). The summed E-state index contributed by atoms with van der Waals surface area (Å²) in [6.07, 6.45) is 0. The standard InChI is InChI=1S/C14H12.CH4N2O/c1-12(13-8-4-2-5-9-13)14-10-6-3-7-11-14;2-1(3)4/h2-11H,1H2;(H4,2,3,4). The number of carbonyl (C=O) groups is 1. The Morgan fingerprint density at radius 2 is 1.06 bits per heavy atom. The summed E-state index contributed by atoms with van der Waals surface area (Å²) < 4.78 is 0. The third-order valence-electron chi connectivity index (χ3n) is 2.24. The molecule has 3 nitrogen and oxygen atoms in total. The van der Waals surface area contributed by atoms with Gasteiger partial charge in [0.1, 0.15) is 0 Å². The fraction of sp³-hybridized carbons (Fsp3) is 0. The monoisotopic (exact) mass is 240 g/mol. The molecule has 2 aromatic rings. The van der Waals surface area contributed by atoms with E-state index in [1.54, 1.807) is 0 Å². The molecule has 0 bridgehead atoms. The Labute approximate surface area is 107 Å². The van der Waals surface area contributed by atoms with Crippen molar-refractivity contribution in [3.8, 4) is 0 Å². The van der Waals surface area contributed by atoms with Crippen molar-refractivity contribution in [1.29, 1.82) is 0 Å². The highest BCUT2D eigenvalue weighted by molar-refractivity contribution is 5.77. The number of urea groups is 1. The van der Waals surface area contributed by atoms with E-state index in [0.717, 1.165) is 5.57 Å². The van der Waals surface area contributed by atoms with Crippen LogP contribution in [0.5, 0.6) is 0 Å². The van der Waals surface area contributed by atoms with E-state index < -0.39 is 6.03 Å². The number of hydrogen-bond donors (Lipinski definition) is 2. The van der Waals surface area contributed by atoms with E-state index in [-0.39, 0.29) is 0 Å². The molecule has 0 aliphatic carbocycles. The topological polar surface area (TPSA) is 69.1 Å². The van der Waals surface area contributed by atoms with Crippen LogP contribution < -0.4 is 11.5 Å². The van der Waals surface area contributed by atoms with Gasteiger partial charge in [-0.3, -0.25) is 0 Å². The first-order chi connectivity index (χ1) is 8.61. The highest BCUT2D eigenvalue weighted by Gasteiger charge is 1.99. The van der Waals surface area contributed by atoms with Crippen LogP contribution in [0.15, 0.2) is 67.2 Å². The van der Waals surface area contributed by atoms with Gasteiger partial charge >= 0.3 is 6.03 Å². The van der Waals surface area contributed by atoms with Crippen LogP contribution in [0, 0.1) is 0 Å². The van der Waals surface area contributed by atoms with Crippen molar-refractivity contribution < 1.29 is 4.79 Å². The molecular formula is C15H16N2O. The maximum absolute atomic E-state index is 9.00. The largest absolute Gasteiger partial charge is 0.352 e. The zero-order chi connectivity index (χ0) is 13.4. The number of nitrogens with two attached hydrogens (primary N) is 2. The van der Waals surface area contributed by atoms with Crippen LogP contribution in [0.2, 0.25) is 0 Å². The third kappa shape index (κ3) is 4.53. The molecule has 4 N–H and O–H groups in total. The summed E-state index contributed by atoms with van der Waals surface area (Å²) in [5.41, 5.74) is 11.9. The molecule has 0 aliphatic rings. The van der Waals surface area contributed by atoms with Crippen molar-refractivity contribution in [3.05, 3.63) is 78.4 Å². The molecule has 0 saturated carbocycles. The molecule has 0 aromatic heterocycles. The molecule has 18 heavy (non-hydrogen) atoms. The number of benzene rings is 2. The highest BCUT2D eigenvalue weighted by Crippen LogP contribution is 2.20. The van der Waals surface area contributed by atoms with Gasteiger partial charge < -0.3 is 11.5 Å². The predicted octanol–water partition coefficient (Wildman–Crippen LogP) is 2.77. The van der Waals surface area contributed by atoms with Gasteiger partial charge in [0.15, 0.2) is 0 Å². The van der Waals surface area contributed by atoms with Crippen molar-refractivity contribution >= 4 is 11.6 Å². The number of carbonyl (C=O) groups excluding carboxylic acids is 1. The van der Waals surface area contributed by atoms with Crippen LogP contribution in [0.3, 0.4) is 0 Å². The summed E-state index contributed by atoms with van der Waals surface area (Å²) in [6.45, 7) is 4.10. The van der Waals surface area contributed by atoms with Crippen molar-refractivity contribution in [2.24, 2.45) is 11.5 Å². The maximum atomic E-state index is 9.00. The average Bonchev–Trinajstić information content (AvgIpc) is 2.39. The van der Waals surface area contributed by atoms with E-state index in [1.165, 1.54) is 11.1 Å². The van der Waals surface area contributed by atoms with Crippen molar-refractivity contribution in [3.63, 3.8) is 0 Å². The number of amides is 2. The molecule has 0 unspecified atom stereocenters. The Morgan fingerprint density at radius 1 is 0.778 bits per heavy atom. The van der Waals surface area contributed by atoms with Gasteiger partial charge in [-0.25, -0.2) is 4.79 Å². The van der Waals surface area contributed by atoms with Gasteiger partial charge in [0, 0.05) is 0 Å². The molecule has 0 heterocycles. The second kappa shape index (κ2) is 6.91. The molecular weight excluding hydrogens is 224 g/mol. The van der Waals surface area contributed by atoms with E-state index in [1.807, 2.05) is 36.4 Å². The molecule has 2 aromatic carbocycles. The Balaban J connectivity index is 0.000000357. The highest BCUT2D eigenvalue weighted by atomic mass is 16.2. The van der Waals surface area contributed by atoms with Crippen molar-refractivity contribution in [2.45, 2.75) is 0 Å². The molecule has 2 amide bonds. The fourth-order valence-electron chi connectivity index (χ4n) is 1.45. The maximum Gasteiger partial charge on any atom is 0.309 e. The van der Waals surface area contributed by atoms with Crippen LogP contribution in [0.4, 0.5) is 4.79 Å². The number of primary amides is 2. The first kappa shape index (κ1) is 13.5. The second-order valence-electron chi connectivity index (χ2n) is 3.61. The van der Waals surface area contributed by atoms with Crippen LogP contribution in [0.25, 0.3) is 5.57 Å². The molecule has 0 atom stereocenters. The lowest BCUT2D eigenvalue weighted by molar-refractivity contribution is 0.256. The van der Waals surface area contributed by atoms with E-state index >= 15 is 0 Å². The van der Waals surface area contributed by atoms with Crippen molar-refractivity contribution in [2.75, 3.05) is 0 Å². The van der Waals surface area contributed by atoms with Crippen LogP contribution in [0.1, 0.15) is 11.1 Å². The van der Waals surface area contributed by atoms with Gasteiger partial charge in [-0.2, -0.15) is 0 Å². The molecule has 92 valence electrons. The molecule has 0 fully saturated rings. The van der Waals surface area contributed by atoms with Crippen LogP contribution >= 0.6 is 0 Å². The average molecular weight is 240 g/mol. The summed E-state index contributed by atoms with van der Waals surface area (Å²) >= 11 is 0. The van der Waals surface area contributed by atoms with Crippen molar-refractivity contribution in [1.82, 2.24) is 0 Å². The van der Waals surface area contributed by atoms with E-state index in [9.17, 15) is 0 Å². The van der Waals surface area contributed by atoms with Gasteiger partial charge in [-0.05, 0) is 16.7 Å². The minimum Gasteiger partial charge on any atom is -0.352 e. The quantitative estimate of drug-likeness (QED) is 0.832. The van der Waals surface area contributed by atoms with E-state index in [0.29, 0.717) is 0 Å².